The molecule has 0 radical (unpaired) electrons. The van der Waals surface area contributed by atoms with Gasteiger partial charge in [0.15, 0.2) is 0 Å². The van der Waals surface area contributed by atoms with Gasteiger partial charge < -0.3 is 16.0 Å². The quantitative estimate of drug-likeness (QED) is 0.557. The Morgan fingerprint density at radius 1 is 1.13 bits per heavy atom. The molecule has 0 spiro atoms. The van der Waals surface area contributed by atoms with E-state index in [1.807, 2.05) is 18.2 Å². The van der Waals surface area contributed by atoms with Gasteiger partial charge in [-0.1, -0.05) is 38.2 Å². The van der Waals surface area contributed by atoms with Crippen LogP contribution in [0.3, 0.4) is 0 Å². The highest BCUT2D eigenvalue weighted by Crippen LogP contribution is 2.28. The van der Waals surface area contributed by atoms with E-state index < -0.39 is 11.9 Å². The maximum Gasteiger partial charge on any atom is 0.254 e. The molecule has 1 saturated carbocycles. The molecule has 1 fully saturated rings. The van der Waals surface area contributed by atoms with Gasteiger partial charge in [0.1, 0.15) is 17.4 Å². The van der Waals surface area contributed by atoms with Gasteiger partial charge in [-0.3, -0.25) is 14.6 Å². The van der Waals surface area contributed by atoms with Crippen molar-refractivity contribution < 1.29 is 9.59 Å². The number of benzene rings is 1. The van der Waals surface area contributed by atoms with Gasteiger partial charge in [0.2, 0.25) is 5.91 Å². The lowest BCUT2D eigenvalue weighted by atomic mass is 9.85. The van der Waals surface area contributed by atoms with Crippen molar-refractivity contribution in [2.75, 3.05) is 0 Å². The van der Waals surface area contributed by atoms with Gasteiger partial charge in [-0.2, -0.15) is 0 Å². The number of nitrogens with two attached hydrogens (primary N) is 1. The third-order valence-electron chi connectivity index (χ3n) is 5.95. The van der Waals surface area contributed by atoms with Crippen LogP contribution in [0.4, 0.5) is 0 Å². The highest BCUT2D eigenvalue weighted by Gasteiger charge is 2.23. The van der Waals surface area contributed by atoms with E-state index in [9.17, 15) is 9.59 Å². The van der Waals surface area contributed by atoms with E-state index in [0.717, 1.165) is 17.5 Å². The van der Waals surface area contributed by atoms with Gasteiger partial charge >= 0.3 is 0 Å². The molecular formula is C23H27N5O2. The van der Waals surface area contributed by atoms with E-state index in [1.54, 1.807) is 24.5 Å². The van der Waals surface area contributed by atoms with E-state index in [2.05, 4.69) is 20.3 Å². The van der Waals surface area contributed by atoms with E-state index in [0.29, 0.717) is 29.2 Å². The normalized spacial score (nSPS) is 15.7. The number of hydrogen-bond donors (Lipinski definition) is 3. The molecule has 1 aliphatic carbocycles. The maximum atomic E-state index is 13.0. The Kier molecular flexibility index (Phi) is 6.07. The van der Waals surface area contributed by atoms with Crippen molar-refractivity contribution in [1.29, 1.82) is 0 Å². The van der Waals surface area contributed by atoms with Gasteiger partial charge in [-0.25, -0.2) is 4.98 Å². The molecule has 4 N–H and O–H groups in total. The van der Waals surface area contributed by atoms with Gasteiger partial charge in [0, 0.05) is 18.0 Å². The smallest absolute Gasteiger partial charge is 0.254 e. The first-order valence-corrected chi connectivity index (χ1v) is 10.6. The minimum absolute atomic E-state index is 0.333. The topological polar surface area (TPSA) is 114 Å². The summed E-state index contributed by atoms with van der Waals surface area (Å²) in [7, 11) is 0. The largest absolute Gasteiger partial charge is 0.368 e. The molecule has 2 heterocycles. The number of carbonyl (C=O) groups excluding carboxylic acids is 2. The number of amides is 2. The summed E-state index contributed by atoms with van der Waals surface area (Å²) in [6.07, 6.45) is 11.1. The molecule has 1 atom stereocenters. The number of nitrogens with zero attached hydrogens (tertiary/aromatic N) is 2. The second-order valence-corrected chi connectivity index (χ2v) is 8.03. The summed E-state index contributed by atoms with van der Waals surface area (Å²) in [6.45, 7) is 0. The molecule has 1 aromatic carbocycles. The molecule has 30 heavy (non-hydrogen) atoms. The number of carbonyl (C=O) groups is 2. The number of fused-ring (bicyclic) bond motifs is 1. The molecule has 1 aliphatic rings. The Balaban J connectivity index is 1.51. The highest BCUT2D eigenvalue weighted by molar-refractivity contribution is 6.06. The fourth-order valence-electron chi connectivity index (χ4n) is 4.26. The Labute approximate surface area is 175 Å². The molecular weight excluding hydrogens is 378 g/mol. The number of pyridine rings is 1. The molecule has 0 bridgehead atoms. The number of primary amides is 1. The molecule has 3 aromatic rings. The molecule has 1 unspecified atom stereocenters. The number of para-hydroxylation sites is 1. The summed E-state index contributed by atoms with van der Waals surface area (Å²) in [5.74, 6) is 0.457. The molecule has 4 rings (SSSR count). The van der Waals surface area contributed by atoms with Crippen molar-refractivity contribution in [2.45, 2.75) is 51.0 Å². The van der Waals surface area contributed by atoms with Crippen LogP contribution in [0.2, 0.25) is 0 Å². The zero-order valence-electron chi connectivity index (χ0n) is 16.9. The van der Waals surface area contributed by atoms with Crippen LogP contribution >= 0.6 is 0 Å². The lowest BCUT2D eigenvalue weighted by Gasteiger charge is -2.23. The van der Waals surface area contributed by atoms with Crippen molar-refractivity contribution in [3.63, 3.8) is 0 Å². The standard InChI is InChI=1S/C23H27N5O2/c24-21(29)19(10-9-15-5-2-1-3-6-15)27-23(30)17-7-4-8-18-20(17)28-22(26-18)16-11-13-25-14-12-16/h4,7-8,11-15,19H,1-3,5-6,9-10H2,(H2,24,29)(H,26,28)(H,27,30). The van der Waals surface area contributed by atoms with Crippen molar-refractivity contribution in [2.24, 2.45) is 11.7 Å². The number of imidazole rings is 1. The van der Waals surface area contributed by atoms with Crippen molar-refractivity contribution in [3.05, 3.63) is 48.3 Å². The Bertz CT molecular complexity index is 1020. The molecule has 2 amide bonds. The zero-order valence-corrected chi connectivity index (χ0v) is 16.9. The SMILES string of the molecule is NC(=O)C(CCC1CCCCC1)NC(=O)c1cccc2[nH]c(-c3ccncc3)nc12. The summed E-state index contributed by atoms with van der Waals surface area (Å²) in [5.41, 5.74) is 8.22. The third-order valence-corrected chi connectivity index (χ3v) is 5.95. The lowest BCUT2D eigenvalue weighted by Crippen LogP contribution is -2.44. The second kappa shape index (κ2) is 9.07. The average Bonchev–Trinajstić information content (AvgIpc) is 3.22. The number of rotatable bonds is 7. The second-order valence-electron chi connectivity index (χ2n) is 8.03. The van der Waals surface area contributed by atoms with Crippen molar-refractivity contribution >= 4 is 22.8 Å². The van der Waals surface area contributed by atoms with E-state index in [-0.39, 0.29) is 5.91 Å². The number of aromatic amines is 1. The zero-order chi connectivity index (χ0) is 20.9. The fraction of sp³-hybridized carbons (Fsp3) is 0.391. The van der Waals surface area contributed by atoms with Crippen LogP contribution < -0.4 is 11.1 Å². The Morgan fingerprint density at radius 3 is 2.63 bits per heavy atom. The van der Waals surface area contributed by atoms with E-state index in [1.165, 1.54) is 32.1 Å². The van der Waals surface area contributed by atoms with E-state index >= 15 is 0 Å². The van der Waals surface area contributed by atoms with Gasteiger partial charge in [0.05, 0.1) is 11.1 Å². The van der Waals surface area contributed by atoms with Crippen LogP contribution in [0.1, 0.15) is 55.3 Å². The predicted molar refractivity (Wildman–Crippen MR) is 116 cm³/mol. The van der Waals surface area contributed by atoms with Crippen molar-refractivity contribution in [3.8, 4) is 11.4 Å². The first-order chi connectivity index (χ1) is 14.6. The summed E-state index contributed by atoms with van der Waals surface area (Å²) in [5, 5.41) is 2.84. The predicted octanol–water partition coefficient (Wildman–Crippen LogP) is 3.57. The molecule has 2 aromatic heterocycles. The number of aromatic nitrogens is 3. The Hall–Kier alpha value is -3.22. The number of hydrogen-bond acceptors (Lipinski definition) is 4. The van der Waals surface area contributed by atoms with Gasteiger partial charge in [-0.05, 0) is 43.0 Å². The highest BCUT2D eigenvalue weighted by atomic mass is 16.2. The molecule has 0 aliphatic heterocycles. The first-order valence-electron chi connectivity index (χ1n) is 10.6. The minimum atomic E-state index is -0.673. The fourth-order valence-corrected chi connectivity index (χ4v) is 4.26. The van der Waals surface area contributed by atoms with Crippen LogP contribution in [0, 0.1) is 5.92 Å². The van der Waals surface area contributed by atoms with Crippen LogP contribution in [0.15, 0.2) is 42.7 Å². The van der Waals surface area contributed by atoms with E-state index in [4.69, 9.17) is 5.73 Å². The first kappa shape index (κ1) is 20.1. The maximum absolute atomic E-state index is 13.0. The molecule has 0 saturated heterocycles. The molecule has 7 heteroatoms. The summed E-state index contributed by atoms with van der Waals surface area (Å²) in [4.78, 5) is 36.8. The molecule has 7 nitrogen and oxygen atoms in total. The number of nitrogens with one attached hydrogen (secondary N) is 2. The van der Waals surface area contributed by atoms with Gasteiger partial charge in [-0.15, -0.1) is 0 Å². The number of H-pyrrole nitrogens is 1. The summed E-state index contributed by atoms with van der Waals surface area (Å²) >= 11 is 0. The minimum Gasteiger partial charge on any atom is -0.368 e. The van der Waals surface area contributed by atoms with Crippen LogP contribution in [0.25, 0.3) is 22.4 Å². The Morgan fingerprint density at radius 2 is 1.90 bits per heavy atom. The van der Waals surface area contributed by atoms with Crippen LogP contribution in [-0.2, 0) is 4.79 Å². The van der Waals surface area contributed by atoms with Crippen molar-refractivity contribution in [1.82, 2.24) is 20.3 Å². The van der Waals surface area contributed by atoms with Crippen LogP contribution in [-0.4, -0.2) is 32.8 Å². The lowest BCUT2D eigenvalue weighted by molar-refractivity contribution is -0.120. The monoisotopic (exact) mass is 405 g/mol. The third kappa shape index (κ3) is 4.50. The van der Waals surface area contributed by atoms with Gasteiger partial charge in [0.25, 0.3) is 5.91 Å². The van der Waals surface area contributed by atoms with Crippen LogP contribution in [0.5, 0.6) is 0 Å². The molecule has 156 valence electrons. The average molecular weight is 406 g/mol. The summed E-state index contributed by atoms with van der Waals surface area (Å²) < 4.78 is 0. The summed E-state index contributed by atoms with van der Waals surface area (Å²) in [6, 6.07) is 8.42.